The minimum Gasteiger partial charge on any atom is -0.463 e. The summed E-state index contributed by atoms with van der Waals surface area (Å²) in [6, 6.07) is 9.15. The van der Waals surface area contributed by atoms with E-state index in [0.717, 1.165) is 37.8 Å². The number of carbonyl (C=O) groups excluding carboxylic acids is 6. The average Bonchev–Trinajstić information content (AvgIpc) is 3.27. The molecule has 0 aliphatic carbocycles. The van der Waals surface area contributed by atoms with Crippen LogP contribution in [-0.4, -0.2) is 96.4 Å². The van der Waals surface area contributed by atoms with Crippen LogP contribution >= 0.6 is 0 Å². The van der Waals surface area contributed by atoms with Crippen molar-refractivity contribution in [3.8, 4) is 0 Å². The van der Waals surface area contributed by atoms with E-state index < -0.39 is 77.9 Å². The van der Waals surface area contributed by atoms with Crippen LogP contribution in [0.15, 0.2) is 42.5 Å². The molecule has 0 bridgehead atoms. The Morgan fingerprint density at radius 3 is 2.17 bits per heavy atom. The topological polar surface area (TPSA) is 216 Å². The fourth-order valence-corrected chi connectivity index (χ4v) is 5.32. The molecule has 0 spiro atoms. The smallest absolute Gasteiger partial charge is 0.412 e. The molecule has 0 aromatic heterocycles. The van der Waals surface area contributed by atoms with E-state index in [0.29, 0.717) is 6.61 Å². The van der Waals surface area contributed by atoms with Crippen LogP contribution in [0.5, 0.6) is 0 Å². The highest BCUT2D eigenvalue weighted by Gasteiger charge is 2.54. The zero-order valence-corrected chi connectivity index (χ0v) is 26.4. The Morgan fingerprint density at radius 2 is 1.56 bits per heavy atom. The molecule has 1 fully saturated rings. The van der Waals surface area contributed by atoms with E-state index in [1.165, 1.54) is 30.3 Å². The lowest BCUT2D eigenvalue weighted by atomic mass is 9.87. The summed E-state index contributed by atoms with van der Waals surface area (Å²) >= 11 is 0. The Balaban J connectivity index is 1.79. The Morgan fingerprint density at radius 1 is 0.896 bits per heavy atom. The molecule has 2 aromatic carbocycles. The number of ether oxygens (including phenoxy) is 6. The number of esters is 3. The van der Waals surface area contributed by atoms with Crippen LogP contribution in [0, 0.1) is 10.1 Å². The number of nitro benzene ring substituents is 1. The number of hydrogen-bond acceptors (Lipinski definition) is 14. The maximum Gasteiger partial charge on any atom is 0.412 e. The number of carbonyl (C=O) groups is 6. The highest BCUT2D eigenvalue weighted by molar-refractivity contribution is 6.22. The quantitative estimate of drug-likeness (QED) is 0.0857. The molecule has 5 atom stereocenters. The second-order valence-corrected chi connectivity index (χ2v) is 10.6. The highest BCUT2D eigenvalue weighted by Crippen LogP contribution is 2.41. The van der Waals surface area contributed by atoms with E-state index in [-0.39, 0.29) is 41.2 Å². The fraction of sp³-hybridized carbons (Fsp3) is 0.419. The number of hydrogen-bond donors (Lipinski definition) is 1. The molecule has 256 valence electrons. The van der Waals surface area contributed by atoms with Crippen LogP contribution in [-0.2, 0) is 42.8 Å². The number of fused-ring (bicyclic) bond motifs is 1. The first kappa shape index (κ1) is 35.4. The Hall–Kier alpha value is -5.42. The van der Waals surface area contributed by atoms with Crippen molar-refractivity contribution in [2.75, 3.05) is 31.7 Å². The zero-order valence-electron chi connectivity index (χ0n) is 26.4. The van der Waals surface area contributed by atoms with E-state index in [4.69, 9.17) is 28.4 Å². The largest absolute Gasteiger partial charge is 0.463 e. The van der Waals surface area contributed by atoms with Gasteiger partial charge < -0.3 is 28.4 Å². The van der Waals surface area contributed by atoms with Crippen LogP contribution in [0.4, 0.5) is 16.2 Å². The van der Waals surface area contributed by atoms with Gasteiger partial charge in [0, 0.05) is 45.2 Å². The van der Waals surface area contributed by atoms with Crippen molar-refractivity contribution in [3.63, 3.8) is 0 Å². The van der Waals surface area contributed by atoms with Crippen molar-refractivity contribution in [2.45, 2.75) is 58.2 Å². The van der Waals surface area contributed by atoms with E-state index >= 15 is 0 Å². The van der Waals surface area contributed by atoms with E-state index in [1.807, 2.05) is 0 Å². The second-order valence-electron chi connectivity index (χ2n) is 10.6. The summed E-state index contributed by atoms with van der Waals surface area (Å²) in [5.74, 6) is -3.72. The number of anilines is 1. The van der Waals surface area contributed by atoms with Gasteiger partial charge in [-0.2, -0.15) is 0 Å². The van der Waals surface area contributed by atoms with Crippen LogP contribution < -0.4 is 5.32 Å². The van der Waals surface area contributed by atoms with Gasteiger partial charge in [0.1, 0.15) is 18.8 Å². The standard InChI is InChI=1S/C31H33N3O14/c1-5-43-14-13-33-29(38)22-8-6-7-21(24(22)30(33)39)25-27(48-31(40)32-19-9-11-20(12-10-19)34(41)42)28(46-18(4)37)26(45-17(3)36)23(47-25)15-44-16(2)35/h6-12,23,25-28H,5,13-15H2,1-4H3,(H,32,40)/t23-,25-,26-,27-,28+/m1/s1. The Bertz CT molecular complexity index is 1590. The number of non-ortho nitro benzene ring substituents is 1. The molecule has 1 N–H and O–H groups in total. The molecule has 48 heavy (non-hydrogen) atoms. The lowest BCUT2D eigenvalue weighted by Crippen LogP contribution is -2.60. The molecule has 0 radical (unpaired) electrons. The molecule has 2 aliphatic heterocycles. The summed E-state index contributed by atoms with van der Waals surface area (Å²) in [5.41, 5.74) is -0.135. The third-order valence-electron chi connectivity index (χ3n) is 7.26. The lowest BCUT2D eigenvalue weighted by Gasteiger charge is -2.44. The molecule has 2 aromatic rings. The van der Waals surface area contributed by atoms with Gasteiger partial charge in [-0.25, -0.2) is 4.79 Å². The average molecular weight is 672 g/mol. The second kappa shape index (κ2) is 15.4. The van der Waals surface area contributed by atoms with Crippen molar-refractivity contribution in [1.82, 2.24) is 4.90 Å². The Kier molecular flexibility index (Phi) is 11.4. The predicted octanol–water partition coefficient (Wildman–Crippen LogP) is 2.71. The SMILES string of the molecule is CCOCCN1C(=O)c2cccc([C@H]3O[C@H](COC(C)=O)[C@@H](OC(C)=O)[C@H](OC(C)=O)[C@@H]3OC(=O)Nc3ccc([N+](=O)[O-])cc3)c2C1=O. The summed E-state index contributed by atoms with van der Waals surface area (Å²) in [7, 11) is 0. The van der Waals surface area contributed by atoms with Crippen LogP contribution in [0.2, 0.25) is 0 Å². The number of nitro groups is 1. The van der Waals surface area contributed by atoms with E-state index in [9.17, 15) is 38.9 Å². The third kappa shape index (κ3) is 8.10. The predicted molar refractivity (Wildman–Crippen MR) is 161 cm³/mol. The number of nitrogens with zero attached hydrogens (tertiary/aromatic N) is 2. The molecule has 3 amide bonds. The maximum absolute atomic E-state index is 13.7. The summed E-state index contributed by atoms with van der Waals surface area (Å²) in [4.78, 5) is 88.0. The number of imide groups is 1. The number of benzene rings is 2. The first-order chi connectivity index (χ1) is 22.8. The molecule has 0 saturated carbocycles. The third-order valence-corrected chi connectivity index (χ3v) is 7.26. The zero-order chi connectivity index (χ0) is 35.1. The molecule has 2 heterocycles. The summed E-state index contributed by atoms with van der Waals surface area (Å²) in [6.45, 7) is 4.89. The summed E-state index contributed by atoms with van der Waals surface area (Å²) in [5, 5.41) is 13.5. The molecular formula is C31H33N3O14. The van der Waals surface area contributed by atoms with Crippen molar-refractivity contribution >= 4 is 47.2 Å². The van der Waals surface area contributed by atoms with E-state index in [2.05, 4.69) is 5.32 Å². The minimum absolute atomic E-state index is 0.0226. The van der Waals surface area contributed by atoms with Gasteiger partial charge in [0.25, 0.3) is 17.5 Å². The van der Waals surface area contributed by atoms with Gasteiger partial charge in [-0.05, 0) is 30.7 Å². The fourth-order valence-electron chi connectivity index (χ4n) is 5.32. The first-order valence-corrected chi connectivity index (χ1v) is 14.7. The first-order valence-electron chi connectivity index (χ1n) is 14.7. The van der Waals surface area contributed by atoms with Crippen LogP contribution in [0.1, 0.15) is 60.1 Å². The lowest BCUT2D eigenvalue weighted by molar-refractivity contribution is -0.384. The summed E-state index contributed by atoms with van der Waals surface area (Å²) < 4.78 is 33.5. The maximum atomic E-state index is 13.7. The van der Waals surface area contributed by atoms with Gasteiger partial charge in [0.15, 0.2) is 18.3 Å². The normalized spacial score (nSPS) is 21.6. The molecule has 2 aliphatic rings. The summed E-state index contributed by atoms with van der Waals surface area (Å²) in [6.07, 6.45) is -8.66. The van der Waals surface area contributed by atoms with Crippen LogP contribution in [0.25, 0.3) is 0 Å². The van der Waals surface area contributed by atoms with Crippen molar-refractivity contribution in [1.29, 1.82) is 0 Å². The molecule has 17 nitrogen and oxygen atoms in total. The van der Waals surface area contributed by atoms with Crippen molar-refractivity contribution < 1.29 is 62.1 Å². The number of nitrogens with one attached hydrogen (secondary N) is 1. The van der Waals surface area contributed by atoms with Crippen molar-refractivity contribution in [2.24, 2.45) is 0 Å². The molecule has 0 unspecified atom stereocenters. The molecule has 4 rings (SSSR count). The number of rotatable bonds is 12. The van der Waals surface area contributed by atoms with Gasteiger partial charge in [-0.3, -0.25) is 44.3 Å². The minimum atomic E-state index is -1.64. The number of amides is 3. The van der Waals surface area contributed by atoms with Gasteiger partial charge in [0.2, 0.25) is 0 Å². The van der Waals surface area contributed by atoms with Gasteiger partial charge in [-0.1, -0.05) is 12.1 Å². The monoisotopic (exact) mass is 671 g/mol. The molecule has 1 saturated heterocycles. The Labute approximate surface area is 273 Å². The van der Waals surface area contributed by atoms with Gasteiger partial charge in [-0.15, -0.1) is 0 Å². The molecular weight excluding hydrogens is 638 g/mol. The van der Waals surface area contributed by atoms with E-state index in [1.54, 1.807) is 6.92 Å². The van der Waals surface area contributed by atoms with Crippen LogP contribution in [0.3, 0.4) is 0 Å². The van der Waals surface area contributed by atoms with Gasteiger partial charge >= 0.3 is 24.0 Å². The molecule has 17 heteroatoms. The van der Waals surface area contributed by atoms with Crippen molar-refractivity contribution in [3.05, 3.63) is 69.3 Å². The van der Waals surface area contributed by atoms with Gasteiger partial charge in [0.05, 0.1) is 29.2 Å². The highest BCUT2D eigenvalue weighted by atomic mass is 16.7.